The third-order valence-electron chi connectivity index (χ3n) is 16.5. The summed E-state index contributed by atoms with van der Waals surface area (Å²) in [6.45, 7) is 6.84. The number of benzene rings is 12. The number of hydrogen-bond donors (Lipinski definition) is 0. The molecule has 0 saturated carbocycles. The molecule has 0 fully saturated rings. The summed E-state index contributed by atoms with van der Waals surface area (Å²) in [5.41, 5.74) is 25.0. The van der Waals surface area contributed by atoms with E-state index in [4.69, 9.17) is 0 Å². The molecule has 0 unspecified atom stereocenters. The predicted octanol–water partition coefficient (Wildman–Crippen LogP) is 18.0. The van der Waals surface area contributed by atoms with Gasteiger partial charge in [0.2, 0.25) is 0 Å². The number of hydrogen-bond acceptors (Lipinski definition) is 2. The first-order valence-electron chi connectivity index (χ1n) is 27.3. The van der Waals surface area contributed by atoms with Gasteiger partial charge >= 0.3 is 0 Å². The Morgan fingerprint density at radius 2 is 0.731 bits per heavy atom. The quantitative estimate of drug-likeness (QED) is 0.147. The Bertz CT molecular complexity index is 4250. The monoisotopic (exact) mass is 995 g/mol. The molecule has 4 heteroatoms. The summed E-state index contributed by atoms with van der Waals surface area (Å²) >= 11 is 0. The molecular formula is C74H54BN3. The summed E-state index contributed by atoms with van der Waals surface area (Å²) in [4.78, 5) is 5.11. The summed E-state index contributed by atoms with van der Waals surface area (Å²) in [6.07, 6.45) is 0. The van der Waals surface area contributed by atoms with Crippen molar-refractivity contribution in [1.29, 1.82) is 0 Å². The van der Waals surface area contributed by atoms with Crippen molar-refractivity contribution < 1.29 is 0 Å². The summed E-state index contributed by atoms with van der Waals surface area (Å²) in [7, 11) is 0. The molecule has 2 aliphatic heterocycles. The highest BCUT2D eigenvalue weighted by Crippen LogP contribution is 2.48. The first-order valence-corrected chi connectivity index (χ1v) is 27.3. The zero-order valence-corrected chi connectivity index (χ0v) is 43.9. The van der Waals surface area contributed by atoms with Crippen molar-refractivity contribution in [2.75, 3.05) is 9.80 Å². The molecule has 0 bridgehead atoms. The van der Waals surface area contributed by atoms with Crippen LogP contribution in [0, 0.1) is 0 Å². The average Bonchev–Trinajstić information content (AvgIpc) is 4.02. The Balaban J connectivity index is 1.06. The number of fused-ring (bicyclic) bond motifs is 9. The topological polar surface area (TPSA) is 11.4 Å². The van der Waals surface area contributed by atoms with E-state index in [9.17, 15) is 0 Å². The van der Waals surface area contributed by atoms with Crippen LogP contribution >= 0.6 is 0 Å². The summed E-state index contributed by atoms with van der Waals surface area (Å²) < 4.78 is 2.55. The fourth-order valence-corrected chi connectivity index (χ4v) is 12.7. The highest BCUT2D eigenvalue weighted by atomic mass is 15.2. The van der Waals surface area contributed by atoms with Crippen molar-refractivity contribution in [1.82, 2.24) is 4.57 Å². The third-order valence-corrected chi connectivity index (χ3v) is 16.5. The largest absolute Gasteiger partial charge is 0.311 e. The molecule has 3 heterocycles. The molecule has 0 amide bonds. The van der Waals surface area contributed by atoms with Gasteiger partial charge in [0.1, 0.15) is 0 Å². The van der Waals surface area contributed by atoms with Crippen molar-refractivity contribution >= 4 is 89.8 Å². The van der Waals surface area contributed by atoms with E-state index in [1.54, 1.807) is 0 Å². The molecular weight excluding hydrogens is 942 g/mol. The normalized spacial score (nSPS) is 12.7. The van der Waals surface area contributed by atoms with Crippen LogP contribution in [0.4, 0.5) is 34.1 Å². The van der Waals surface area contributed by atoms with Crippen LogP contribution in [0.2, 0.25) is 0 Å². The molecule has 0 aliphatic carbocycles. The zero-order valence-electron chi connectivity index (χ0n) is 43.9. The lowest BCUT2D eigenvalue weighted by atomic mass is 9.33. The lowest BCUT2D eigenvalue weighted by Crippen LogP contribution is -2.61. The molecule has 13 aromatic rings. The van der Waals surface area contributed by atoms with Crippen LogP contribution in [0.1, 0.15) is 26.3 Å². The van der Waals surface area contributed by atoms with E-state index in [-0.39, 0.29) is 12.1 Å². The minimum absolute atomic E-state index is 0.0349. The number of anilines is 6. The summed E-state index contributed by atoms with van der Waals surface area (Å²) in [5.74, 6) is 0. The molecule has 2 aliphatic rings. The molecule has 0 spiro atoms. The van der Waals surface area contributed by atoms with E-state index in [0.29, 0.717) is 0 Å². The Kier molecular flexibility index (Phi) is 10.6. The minimum Gasteiger partial charge on any atom is -0.311 e. The molecule has 15 rings (SSSR count). The maximum absolute atomic E-state index is 2.56. The van der Waals surface area contributed by atoms with Crippen molar-refractivity contribution in [3.63, 3.8) is 0 Å². The van der Waals surface area contributed by atoms with Crippen LogP contribution in [-0.4, -0.2) is 11.3 Å². The van der Waals surface area contributed by atoms with Gasteiger partial charge in [-0.05, 0) is 149 Å². The van der Waals surface area contributed by atoms with Crippen LogP contribution in [0.15, 0.2) is 273 Å². The second-order valence-corrected chi connectivity index (χ2v) is 22.1. The Morgan fingerprint density at radius 3 is 1.22 bits per heavy atom. The van der Waals surface area contributed by atoms with Gasteiger partial charge in [-0.2, -0.15) is 0 Å². The maximum atomic E-state index is 2.56. The van der Waals surface area contributed by atoms with Gasteiger partial charge in [0.05, 0.1) is 16.7 Å². The molecule has 3 nitrogen and oxygen atoms in total. The fourth-order valence-electron chi connectivity index (χ4n) is 12.7. The molecule has 78 heavy (non-hydrogen) atoms. The van der Waals surface area contributed by atoms with Crippen LogP contribution < -0.4 is 26.2 Å². The highest BCUT2D eigenvalue weighted by molar-refractivity contribution is 7.00. The Morgan fingerprint density at radius 1 is 0.308 bits per heavy atom. The van der Waals surface area contributed by atoms with Crippen molar-refractivity contribution in [3.05, 3.63) is 279 Å². The van der Waals surface area contributed by atoms with E-state index >= 15 is 0 Å². The maximum Gasteiger partial charge on any atom is 0.252 e. The average molecular weight is 996 g/mol. The third kappa shape index (κ3) is 7.43. The first kappa shape index (κ1) is 45.7. The summed E-state index contributed by atoms with van der Waals surface area (Å²) in [5, 5.41) is 5.04. The lowest BCUT2D eigenvalue weighted by molar-refractivity contribution is 0.591. The van der Waals surface area contributed by atoms with Gasteiger partial charge in [0.25, 0.3) is 6.71 Å². The van der Waals surface area contributed by atoms with E-state index in [2.05, 4.69) is 308 Å². The van der Waals surface area contributed by atoms with Crippen LogP contribution in [0.3, 0.4) is 0 Å². The van der Waals surface area contributed by atoms with Crippen molar-refractivity contribution in [3.8, 4) is 50.2 Å². The number of rotatable bonds is 7. The SMILES string of the molecule is CC(C)(C)c1ccc2c(c1)c1c3ccccc3ccc1n2-c1cc2c3c(c1)N(c1ccc(-c4ccccc4)cc1)c1ccc(-c4ccccc4)cc1B3c1cc(-c3ccccc3)ccc1N2c1ccc(-c2ccccc2)cc1. The fraction of sp³-hybridized carbons (Fsp3) is 0.0541. The molecule has 0 atom stereocenters. The van der Waals surface area contributed by atoms with Crippen molar-refractivity contribution in [2.24, 2.45) is 0 Å². The second kappa shape index (κ2) is 18.0. The van der Waals surface area contributed by atoms with Gasteiger partial charge in [0.15, 0.2) is 0 Å². The van der Waals surface area contributed by atoms with Crippen LogP contribution in [0.25, 0.3) is 82.8 Å². The van der Waals surface area contributed by atoms with E-state index in [1.807, 2.05) is 0 Å². The van der Waals surface area contributed by atoms with Gasteiger partial charge < -0.3 is 14.4 Å². The second-order valence-electron chi connectivity index (χ2n) is 22.1. The molecule has 1 aromatic heterocycles. The minimum atomic E-state index is -0.113. The Hall–Kier alpha value is -9.64. The van der Waals surface area contributed by atoms with Crippen molar-refractivity contribution in [2.45, 2.75) is 26.2 Å². The van der Waals surface area contributed by atoms with E-state index in [1.165, 1.54) is 110 Å². The van der Waals surface area contributed by atoms with Crippen LogP contribution in [-0.2, 0) is 5.41 Å². The van der Waals surface area contributed by atoms with E-state index < -0.39 is 0 Å². The molecule has 368 valence electrons. The predicted molar refractivity (Wildman–Crippen MR) is 333 cm³/mol. The molecule has 12 aromatic carbocycles. The molecule has 0 radical (unpaired) electrons. The van der Waals surface area contributed by atoms with Crippen LogP contribution in [0.5, 0.6) is 0 Å². The highest BCUT2D eigenvalue weighted by Gasteiger charge is 2.44. The van der Waals surface area contributed by atoms with Gasteiger partial charge in [0, 0.05) is 44.9 Å². The van der Waals surface area contributed by atoms with Gasteiger partial charge in [-0.15, -0.1) is 0 Å². The Labute approximate surface area is 456 Å². The van der Waals surface area contributed by atoms with Gasteiger partial charge in [-0.25, -0.2) is 0 Å². The molecule has 0 N–H and O–H groups in total. The zero-order chi connectivity index (χ0) is 52.1. The number of nitrogens with zero attached hydrogens (tertiary/aromatic N) is 3. The standard InChI is InChI=1S/C74H54BN3/c1-74(2,3)58-35-43-66-63(46-58)72-62-27-17-16-26-55(62)32-42-69(72)78(66)61-47-70-73-71(48-61)77(60-38-30-54(31-39-60)50-20-10-5-11-21-50)68-41-34-57(52-24-14-7-15-25-52)45-65(68)75(73)64-44-56(51-22-12-6-13-23-51)33-40-67(64)76(70)59-36-28-53(29-37-59)49-18-8-4-9-19-49/h4-48H,1-3H3. The van der Waals surface area contributed by atoms with E-state index in [0.717, 1.165) is 28.4 Å². The summed E-state index contributed by atoms with van der Waals surface area (Å²) in [6, 6.07) is 102. The van der Waals surface area contributed by atoms with Gasteiger partial charge in [-0.1, -0.05) is 227 Å². The molecule has 0 saturated heterocycles. The number of aromatic nitrogens is 1. The smallest absolute Gasteiger partial charge is 0.252 e. The first-order chi connectivity index (χ1) is 38.3. The van der Waals surface area contributed by atoms with Gasteiger partial charge in [-0.3, -0.25) is 0 Å². The lowest BCUT2D eigenvalue weighted by Gasteiger charge is -2.44.